The summed E-state index contributed by atoms with van der Waals surface area (Å²) in [6.07, 6.45) is 4.11. The molecule has 0 unspecified atom stereocenters. The number of hydrogen-bond acceptors (Lipinski definition) is 5. The predicted molar refractivity (Wildman–Crippen MR) is 99.3 cm³/mol. The molecule has 6 heteroatoms. The lowest BCUT2D eigenvalue weighted by Crippen LogP contribution is -2.08. The van der Waals surface area contributed by atoms with Crippen LogP contribution in [0.4, 0.5) is 17.5 Å². The molecule has 1 aromatic carbocycles. The first-order chi connectivity index (χ1) is 11.8. The van der Waals surface area contributed by atoms with E-state index in [4.69, 9.17) is 0 Å². The molecule has 2 aromatic heterocycles. The van der Waals surface area contributed by atoms with Crippen molar-refractivity contribution in [2.75, 3.05) is 10.6 Å². The summed E-state index contributed by atoms with van der Waals surface area (Å²) >= 11 is 3.55. The highest BCUT2D eigenvalue weighted by Gasteiger charge is 2.22. The van der Waals surface area contributed by atoms with Gasteiger partial charge in [-0.2, -0.15) is 4.98 Å². The average molecular weight is 382 g/mol. The number of nitrogens with one attached hydrogen (secondary N) is 2. The van der Waals surface area contributed by atoms with Gasteiger partial charge in [0.2, 0.25) is 5.95 Å². The number of aromatic nitrogens is 3. The number of hydrogen-bond donors (Lipinski definition) is 2. The molecule has 24 heavy (non-hydrogen) atoms. The quantitative estimate of drug-likeness (QED) is 0.674. The van der Waals surface area contributed by atoms with E-state index >= 15 is 0 Å². The summed E-state index contributed by atoms with van der Waals surface area (Å²) in [5.41, 5.74) is 2.58. The maximum Gasteiger partial charge on any atom is 0.225 e. The van der Waals surface area contributed by atoms with E-state index in [1.165, 1.54) is 12.8 Å². The Morgan fingerprint density at radius 3 is 2.54 bits per heavy atom. The lowest BCUT2D eigenvalue weighted by molar-refractivity contribution is 1.05. The normalized spacial score (nSPS) is 13.5. The van der Waals surface area contributed by atoms with E-state index in [9.17, 15) is 0 Å². The SMILES string of the molecule is Brc1ccccc1Nc1cc(-c2ccccn2)nc(NC2CC2)n1. The Hall–Kier alpha value is -2.47. The smallest absolute Gasteiger partial charge is 0.225 e. The molecule has 2 N–H and O–H groups in total. The van der Waals surface area contributed by atoms with Crippen LogP contribution in [0.2, 0.25) is 0 Å². The van der Waals surface area contributed by atoms with Gasteiger partial charge in [0.15, 0.2) is 0 Å². The van der Waals surface area contributed by atoms with Crippen molar-refractivity contribution in [2.45, 2.75) is 18.9 Å². The van der Waals surface area contributed by atoms with Crippen LogP contribution >= 0.6 is 15.9 Å². The van der Waals surface area contributed by atoms with Gasteiger partial charge in [-0.15, -0.1) is 0 Å². The van der Waals surface area contributed by atoms with E-state index in [0.29, 0.717) is 12.0 Å². The molecule has 2 heterocycles. The Bertz CT molecular complexity index is 849. The molecule has 0 aliphatic heterocycles. The fraction of sp³-hybridized carbons (Fsp3) is 0.167. The third-order valence-electron chi connectivity index (χ3n) is 3.70. The minimum Gasteiger partial charge on any atom is -0.351 e. The lowest BCUT2D eigenvalue weighted by Gasteiger charge is -2.11. The third kappa shape index (κ3) is 3.54. The molecule has 0 atom stereocenters. The van der Waals surface area contributed by atoms with Crippen LogP contribution < -0.4 is 10.6 Å². The second kappa shape index (κ2) is 6.57. The summed E-state index contributed by atoms with van der Waals surface area (Å²) in [4.78, 5) is 13.6. The molecule has 1 aliphatic carbocycles. The third-order valence-corrected chi connectivity index (χ3v) is 4.39. The van der Waals surface area contributed by atoms with Crippen LogP contribution in [0.15, 0.2) is 59.2 Å². The largest absolute Gasteiger partial charge is 0.351 e. The number of para-hydroxylation sites is 1. The summed E-state index contributed by atoms with van der Waals surface area (Å²) in [5, 5.41) is 6.72. The second-order valence-corrected chi connectivity index (χ2v) is 6.55. The van der Waals surface area contributed by atoms with Crippen molar-refractivity contribution < 1.29 is 0 Å². The molecule has 3 aromatic rings. The van der Waals surface area contributed by atoms with Crippen molar-refractivity contribution in [3.63, 3.8) is 0 Å². The number of benzene rings is 1. The van der Waals surface area contributed by atoms with Crippen LogP contribution in [0.5, 0.6) is 0 Å². The van der Waals surface area contributed by atoms with Gasteiger partial charge in [-0.1, -0.05) is 18.2 Å². The standard InChI is InChI=1S/C18H16BrN5/c19-13-5-1-2-6-14(13)22-17-11-16(15-7-3-4-10-20-15)23-18(24-17)21-12-8-9-12/h1-7,10-12H,8-9H2,(H2,21,22,23,24). The van der Waals surface area contributed by atoms with E-state index in [2.05, 4.69) is 41.5 Å². The van der Waals surface area contributed by atoms with Crippen LogP contribution in [0.3, 0.4) is 0 Å². The Balaban J connectivity index is 1.71. The predicted octanol–water partition coefficient (Wildman–Crippen LogP) is 4.62. The van der Waals surface area contributed by atoms with Crippen molar-refractivity contribution in [1.29, 1.82) is 0 Å². The van der Waals surface area contributed by atoms with Gasteiger partial charge in [-0.25, -0.2) is 4.98 Å². The Kier molecular flexibility index (Phi) is 4.13. The van der Waals surface area contributed by atoms with Crippen LogP contribution in [0.25, 0.3) is 11.4 Å². The zero-order chi connectivity index (χ0) is 16.4. The van der Waals surface area contributed by atoms with E-state index in [-0.39, 0.29) is 0 Å². The summed E-state index contributed by atoms with van der Waals surface area (Å²) in [6, 6.07) is 16.2. The molecule has 0 spiro atoms. The molecular formula is C18H16BrN5. The molecule has 0 saturated heterocycles. The Morgan fingerprint density at radius 1 is 0.958 bits per heavy atom. The Morgan fingerprint density at radius 2 is 1.79 bits per heavy atom. The summed E-state index contributed by atoms with van der Waals surface area (Å²) in [5.74, 6) is 1.37. The fourth-order valence-corrected chi connectivity index (χ4v) is 2.72. The molecule has 4 rings (SSSR count). The monoisotopic (exact) mass is 381 g/mol. The first kappa shape index (κ1) is 15.1. The van der Waals surface area contributed by atoms with E-state index in [1.807, 2.05) is 48.5 Å². The first-order valence-corrected chi connectivity index (χ1v) is 8.66. The minimum absolute atomic E-state index is 0.486. The highest BCUT2D eigenvalue weighted by molar-refractivity contribution is 9.10. The van der Waals surface area contributed by atoms with Crippen molar-refractivity contribution in [1.82, 2.24) is 15.0 Å². The van der Waals surface area contributed by atoms with Crippen molar-refractivity contribution >= 4 is 33.4 Å². The second-order valence-electron chi connectivity index (χ2n) is 5.70. The van der Waals surface area contributed by atoms with Gasteiger partial charge in [0, 0.05) is 22.8 Å². The minimum atomic E-state index is 0.486. The number of anilines is 3. The molecule has 5 nitrogen and oxygen atoms in total. The van der Waals surface area contributed by atoms with Gasteiger partial charge in [0.1, 0.15) is 5.82 Å². The van der Waals surface area contributed by atoms with E-state index < -0.39 is 0 Å². The molecule has 1 saturated carbocycles. The molecule has 1 fully saturated rings. The fourth-order valence-electron chi connectivity index (χ4n) is 2.33. The molecule has 0 radical (unpaired) electrons. The van der Waals surface area contributed by atoms with Gasteiger partial charge in [0.05, 0.1) is 17.1 Å². The zero-order valence-corrected chi connectivity index (χ0v) is 14.5. The lowest BCUT2D eigenvalue weighted by atomic mass is 10.2. The van der Waals surface area contributed by atoms with Crippen molar-refractivity contribution in [2.24, 2.45) is 0 Å². The highest BCUT2D eigenvalue weighted by Crippen LogP contribution is 2.28. The number of halogens is 1. The van der Waals surface area contributed by atoms with Crippen LogP contribution in [0.1, 0.15) is 12.8 Å². The maximum atomic E-state index is 4.61. The van der Waals surface area contributed by atoms with Crippen molar-refractivity contribution in [3.8, 4) is 11.4 Å². The molecular weight excluding hydrogens is 366 g/mol. The van der Waals surface area contributed by atoms with E-state index in [0.717, 1.165) is 27.4 Å². The van der Waals surface area contributed by atoms with Crippen LogP contribution in [-0.4, -0.2) is 21.0 Å². The van der Waals surface area contributed by atoms with Gasteiger partial charge >= 0.3 is 0 Å². The van der Waals surface area contributed by atoms with Crippen molar-refractivity contribution in [3.05, 3.63) is 59.2 Å². The van der Waals surface area contributed by atoms with Gasteiger partial charge in [0.25, 0.3) is 0 Å². The van der Waals surface area contributed by atoms with Gasteiger partial charge in [-0.05, 0) is 53.0 Å². The molecule has 0 amide bonds. The first-order valence-electron chi connectivity index (χ1n) is 7.86. The zero-order valence-electron chi connectivity index (χ0n) is 12.9. The Labute approximate surface area is 148 Å². The molecule has 120 valence electrons. The average Bonchev–Trinajstić information content (AvgIpc) is 3.42. The van der Waals surface area contributed by atoms with Crippen LogP contribution in [-0.2, 0) is 0 Å². The molecule has 1 aliphatic rings. The number of nitrogens with zero attached hydrogens (tertiary/aromatic N) is 3. The van der Waals surface area contributed by atoms with E-state index in [1.54, 1.807) is 6.20 Å². The topological polar surface area (TPSA) is 62.7 Å². The maximum absolute atomic E-state index is 4.61. The highest BCUT2D eigenvalue weighted by atomic mass is 79.9. The summed E-state index contributed by atoms with van der Waals surface area (Å²) < 4.78 is 0.986. The number of pyridine rings is 1. The van der Waals surface area contributed by atoms with Gasteiger partial charge in [-0.3, -0.25) is 4.98 Å². The summed E-state index contributed by atoms with van der Waals surface area (Å²) in [6.45, 7) is 0. The molecule has 0 bridgehead atoms. The van der Waals surface area contributed by atoms with Gasteiger partial charge < -0.3 is 10.6 Å². The number of rotatable bonds is 5. The summed E-state index contributed by atoms with van der Waals surface area (Å²) in [7, 11) is 0. The van der Waals surface area contributed by atoms with Crippen LogP contribution in [0, 0.1) is 0 Å².